The number of hydrogen-bond acceptors (Lipinski definition) is 1. The molecule has 1 aliphatic carbocycles. The van der Waals surface area contributed by atoms with E-state index in [4.69, 9.17) is 11.6 Å². The summed E-state index contributed by atoms with van der Waals surface area (Å²) in [5, 5.41) is 2.06. The van der Waals surface area contributed by atoms with Crippen molar-refractivity contribution in [1.29, 1.82) is 0 Å². The molecule has 2 aromatic rings. The van der Waals surface area contributed by atoms with E-state index in [1.54, 1.807) is 0 Å². The highest BCUT2D eigenvalue weighted by atomic mass is 35.5. The molecule has 0 saturated carbocycles. The highest BCUT2D eigenvalue weighted by molar-refractivity contribution is 6.35. The zero-order valence-corrected chi connectivity index (χ0v) is 12.1. The van der Waals surface area contributed by atoms with Crippen LogP contribution >= 0.6 is 11.6 Å². The third-order valence-corrected chi connectivity index (χ3v) is 4.59. The molecule has 0 radical (unpaired) electrons. The fourth-order valence-corrected chi connectivity index (χ4v) is 3.92. The Balaban J connectivity index is 2.34. The van der Waals surface area contributed by atoms with Crippen molar-refractivity contribution in [2.24, 2.45) is 7.05 Å². The Bertz CT molecular complexity index is 657. The molecule has 0 amide bonds. The van der Waals surface area contributed by atoms with Gasteiger partial charge < -0.3 is 9.36 Å². The zero-order chi connectivity index (χ0) is 13.6. The normalized spacial score (nSPS) is 18.6. The van der Waals surface area contributed by atoms with Crippen molar-refractivity contribution >= 4 is 28.8 Å². The highest BCUT2D eigenvalue weighted by Gasteiger charge is 2.27. The van der Waals surface area contributed by atoms with Gasteiger partial charge in [0.05, 0.1) is 10.5 Å². The number of aryl methyl sites for hydroxylation is 2. The van der Waals surface area contributed by atoms with Gasteiger partial charge in [-0.3, -0.25) is 0 Å². The van der Waals surface area contributed by atoms with Crippen LogP contribution in [0.1, 0.15) is 42.0 Å². The molecule has 1 aliphatic rings. The second-order valence-electron chi connectivity index (χ2n) is 5.55. The third-order valence-electron chi connectivity index (χ3n) is 4.30. The first-order chi connectivity index (χ1) is 9.13. The minimum atomic E-state index is 0.364. The summed E-state index contributed by atoms with van der Waals surface area (Å²) in [4.78, 5) is 10.9. The maximum absolute atomic E-state index is 10.9. The molecule has 1 aromatic carbocycles. The minimum Gasteiger partial charge on any atom is -0.346 e. The first kappa shape index (κ1) is 12.7. The second-order valence-corrected chi connectivity index (χ2v) is 5.96. The monoisotopic (exact) mass is 275 g/mol. The van der Waals surface area contributed by atoms with E-state index in [2.05, 4.69) is 24.6 Å². The Morgan fingerprint density at radius 3 is 3.00 bits per heavy atom. The van der Waals surface area contributed by atoms with Crippen LogP contribution in [0.3, 0.4) is 0 Å². The van der Waals surface area contributed by atoms with Gasteiger partial charge in [-0.15, -0.1) is 0 Å². The highest BCUT2D eigenvalue weighted by Crippen LogP contribution is 2.42. The fraction of sp³-hybridized carbons (Fsp3) is 0.438. The second kappa shape index (κ2) is 4.68. The van der Waals surface area contributed by atoms with Crippen molar-refractivity contribution in [3.63, 3.8) is 0 Å². The molecule has 2 nitrogen and oxygen atoms in total. The van der Waals surface area contributed by atoms with E-state index >= 15 is 0 Å². The van der Waals surface area contributed by atoms with E-state index < -0.39 is 0 Å². The predicted octanol–water partition coefficient (Wildman–Crippen LogP) is 4.15. The van der Waals surface area contributed by atoms with Gasteiger partial charge >= 0.3 is 0 Å². The average molecular weight is 276 g/mol. The summed E-state index contributed by atoms with van der Waals surface area (Å²) in [5.74, 6) is 0.364. The molecule has 0 aliphatic heterocycles. The maximum Gasteiger partial charge on any atom is 0.120 e. The van der Waals surface area contributed by atoms with Gasteiger partial charge in [0, 0.05) is 24.5 Å². The maximum atomic E-state index is 10.9. The molecule has 1 aromatic heterocycles. The van der Waals surface area contributed by atoms with Gasteiger partial charge in [-0.1, -0.05) is 11.6 Å². The molecular weight excluding hydrogens is 258 g/mol. The van der Waals surface area contributed by atoms with Crippen LogP contribution in [0.5, 0.6) is 0 Å². The zero-order valence-electron chi connectivity index (χ0n) is 11.4. The molecule has 0 N–H and O–H groups in total. The lowest BCUT2D eigenvalue weighted by atomic mass is 9.83. The van der Waals surface area contributed by atoms with Crippen LogP contribution in [0.2, 0.25) is 5.02 Å². The first-order valence-corrected chi connectivity index (χ1v) is 7.22. The van der Waals surface area contributed by atoms with Crippen LogP contribution in [-0.4, -0.2) is 10.9 Å². The number of rotatable bonds is 2. The van der Waals surface area contributed by atoms with E-state index in [0.717, 1.165) is 36.1 Å². The average Bonchev–Trinajstić information content (AvgIpc) is 2.65. The first-order valence-electron chi connectivity index (χ1n) is 6.84. The number of hydrogen-bond donors (Lipinski definition) is 0. The Labute approximate surface area is 118 Å². The Morgan fingerprint density at radius 1 is 1.47 bits per heavy atom. The lowest BCUT2D eigenvalue weighted by molar-refractivity contribution is -0.108. The van der Waals surface area contributed by atoms with Crippen molar-refractivity contribution < 1.29 is 4.79 Å². The van der Waals surface area contributed by atoms with Gasteiger partial charge in [-0.25, -0.2) is 0 Å². The molecule has 0 saturated heterocycles. The molecule has 3 rings (SSSR count). The minimum absolute atomic E-state index is 0.364. The molecule has 1 atom stereocenters. The summed E-state index contributed by atoms with van der Waals surface area (Å²) in [6.45, 7) is 2.07. The molecule has 1 heterocycles. The van der Waals surface area contributed by atoms with Gasteiger partial charge in [0.15, 0.2) is 0 Å². The smallest absolute Gasteiger partial charge is 0.120 e. The summed E-state index contributed by atoms with van der Waals surface area (Å²) in [6, 6.07) is 4.23. The molecule has 100 valence electrons. The van der Waals surface area contributed by atoms with Crippen LogP contribution in [0.25, 0.3) is 10.9 Å². The molecule has 0 spiro atoms. The SMILES string of the molecule is Cc1cc(Cl)c2c(c1)c1c(n2C)CCCC1CC=O. The molecule has 1 unspecified atom stereocenters. The largest absolute Gasteiger partial charge is 0.346 e. The van der Waals surface area contributed by atoms with Crippen LogP contribution in [0, 0.1) is 6.92 Å². The summed E-state index contributed by atoms with van der Waals surface area (Å²) in [6.07, 6.45) is 5.03. The van der Waals surface area contributed by atoms with E-state index in [0.29, 0.717) is 12.3 Å². The van der Waals surface area contributed by atoms with E-state index in [-0.39, 0.29) is 0 Å². The Morgan fingerprint density at radius 2 is 2.26 bits per heavy atom. The number of carbonyl (C=O) groups is 1. The molecule has 3 heteroatoms. The van der Waals surface area contributed by atoms with Crippen molar-refractivity contribution in [2.75, 3.05) is 0 Å². The summed E-state index contributed by atoms with van der Waals surface area (Å²) in [7, 11) is 2.09. The summed E-state index contributed by atoms with van der Waals surface area (Å²) in [5.41, 5.74) is 5.03. The number of carbonyl (C=O) groups excluding carboxylic acids is 1. The van der Waals surface area contributed by atoms with Crippen LogP contribution in [0.15, 0.2) is 12.1 Å². The van der Waals surface area contributed by atoms with E-state index in [9.17, 15) is 4.79 Å². The summed E-state index contributed by atoms with van der Waals surface area (Å²) >= 11 is 6.42. The number of halogens is 1. The van der Waals surface area contributed by atoms with Gasteiger partial charge in [0.2, 0.25) is 0 Å². The van der Waals surface area contributed by atoms with Crippen LogP contribution in [0.4, 0.5) is 0 Å². The quantitative estimate of drug-likeness (QED) is 0.755. The lowest BCUT2D eigenvalue weighted by Crippen LogP contribution is -2.11. The number of benzene rings is 1. The van der Waals surface area contributed by atoms with E-state index in [1.165, 1.54) is 22.2 Å². The lowest BCUT2D eigenvalue weighted by Gasteiger charge is -2.22. The third kappa shape index (κ3) is 1.90. The van der Waals surface area contributed by atoms with Gasteiger partial charge in [-0.05, 0) is 55.4 Å². The topological polar surface area (TPSA) is 22.0 Å². The fourth-order valence-electron chi connectivity index (χ4n) is 3.52. The van der Waals surface area contributed by atoms with E-state index in [1.807, 2.05) is 6.07 Å². The van der Waals surface area contributed by atoms with Crippen molar-refractivity contribution in [3.05, 3.63) is 34.0 Å². The van der Waals surface area contributed by atoms with Gasteiger partial charge in [0.25, 0.3) is 0 Å². The Hall–Kier alpha value is -1.28. The molecule has 0 bridgehead atoms. The standard InChI is InChI=1S/C16H18ClNO/c1-10-8-12-15-11(6-7-19)4-3-5-14(15)18(2)16(12)13(17)9-10/h7-9,11H,3-6H2,1-2H3. The van der Waals surface area contributed by atoms with Crippen LogP contribution < -0.4 is 0 Å². The number of aromatic nitrogens is 1. The Kier molecular flexibility index (Phi) is 3.14. The van der Waals surface area contributed by atoms with Gasteiger partial charge in [-0.2, -0.15) is 0 Å². The number of nitrogens with zero attached hydrogens (tertiary/aromatic N) is 1. The number of aldehydes is 1. The molecule has 19 heavy (non-hydrogen) atoms. The number of fused-ring (bicyclic) bond motifs is 3. The van der Waals surface area contributed by atoms with Crippen molar-refractivity contribution in [3.8, 4) is 0 Å². The molecular formula is C16H18ClNO. The summed E-state index contributed by atoms with van der Waals surface area (Å²) < 4.78 is 2.23. The predicted molar refractivity (Wildman–Crippen MR) is 79.0 cm³/mol. The van der Waals surface area contributed by atoms with Crippen LogP contribution in [-0.2, 0) is 18.3 Å². The van der Waals surface area contributed by atoms with Crippen molar-refractivity contribution in [2.45, 2.75) is 38.5 Å². The molecule has 0 fully saturated rings. The van der Waals surface area contributed by atoms with Gasteiger partial charge in [0.1, 0.15) is 6.29 Å². The van der Waals surface area contributed by atoms with Crippen molar-refractivity contribution in [1.82, 2.24) is 4.57 Å².